The lowest BCUT2D eigenvalue weighted by atomic mass is 10.3. The van der Waals surface area contributed by atoms with Crippen LogP contribution < -0.4 is 5.32 Å². The van der Waals surface area contributed by atoms with E-state index in [4.69, 9.17) is 15.7 Å². The normalized spacial score (nSPS) is 27.2. The lowest BCUT2D eigenvalue weighted by Crippen LogP contribution is -2.14. The van der Waals surface area contributed by atoms with Crippen molar-refractivity contribution < 1.29 is 10.2 Å². The molecule has 10 heavy (non-hydrogen) atoms. The zero-order chi connectivity index (χ0) is 7.61. The van der Waals surface area contributed by atoms with Crippen molar-refractivity contribution >= 4 is 0 Å². The summed E-state index contributed by atoms with van der Waals surface area (Å²) in [4.78, 5) is 2.52. The van der Waals surface area contributed by atoms with E-state index in [1.54, 1.807) is 0 Å². The standard InChI is InChI=1S/C4H8N4O2/c5-8-6-2-1-3-4(9,10)7-3/h3,7,9-10H,1-2H2/t3-/m0/s1. The second kappa shape index (κ2) is 2.43. The molecular weight excluding hydrogens is 136 g/mol. The van der Waals surface area contributed by atoms with Gasteiger partial charge in [-0.05, 0) is 12.0 Å². The SMILES string of the molecule is [N-]=[N+]=NCC[C@@H]1NC1(O)O. The third-order valence-electron chi connectivity index (χ3n) is 1.37. The fourth-order valence-electron chi connectivity index (χ4n) is 0.720. The Morgan fingerprint density at radius 1 is 1.70 bits per heavy atom. The lowest BCUT2D eigenvalue weighted by Gasteiger charge is -1.93. The maximum Gasteiger partial charge on any atom is 0.239 e. The summed E-state index contributed by atoms with van der Waals surface area (Å²) in [7, 11) is 0. The highest BCUT2D eigenvalue weighted by atomic mass is 16.5. The van der Waals surface area contributed by atoms with Gasteiger partial charge < -0.3 is 10.2 Å². The topological polar surface area (TPSA) is 111 Å². The number of nitrogens with zero attached hydrogens (tertiary/aromatic N) is 3. The Bertz CT molecular complexity index is 174. The zero-order valence-corrected chi connectivity index (χ0v) is 5.23. The first-order valence-corrected chi connectivity index (χ1v) is 2.90. The van der Waals surface area contributed by atoms with E-state index < -0.39 is 5.91 Å². The van der Waals surface area contributed by atoms with Gasteiger partial charge in [0.05, 0.1) is 6.04 Å². The van der Waals surface area contributed by atoms with Crippen LogP contribution in [0, 0.1) is 0 Å². The number of rotatable bonds is 3. The minimum absolute atomic E-state index is 0.289. The number of hydrogen-bond acceptors (Lipinski definition) is 4. The molecule has 0 radical (unpaired) electrons. The van der Waals surface area contributed by atoms with E-state index in [1.807, 2.05) is 0 Å². The Hall–Kier alpha value is -0.810. The molecule has 1 aliphatic rings. The van der Waals surface area contributed by atoms with E-state index in [1.165, 1.54) is 0 Å². The van der Waals surface area contributed by atoms with Crippen LogP contribution in [0.4, 0.5) is 0 Å². The Morgan fingerprint density at radius 2 is 2.30 bits per heavy atom. The van der Waals surface area contributed by atoms with Gasteiger partial charge in [0.25, 0.3) is 0 Å². The van der Waals surface area contributed by atoms with Crippen molar-refractivity contribution in [1.82, 2.24) is 5.32 Å². The summed E-state index contributed by atoms with van der Waals surface area (Å²) in [5.74, 6) is -1.72. The van der Waals surface area contributed by atoms with E-state index >= 15 is 0 Å². The van der Waals surface area contributed by atoms with Crippen LogP contribution in [0.2, 0.25) is 0 Å². The predicted molar refractivity (Wildman–Crippen MR) is 32.7 cm³/mol. The van der Waals surface area contributed by atoms with Crippen LogP contribution in [0.5, 0.6) is 0 Å². The molecule has 6 heteroatoms. The molecule has 0 unspecified atom stereocenters. The Labute approximate surface area is 57.1 Å². The number of azide groups is 1. The number of hydrogen-bond donors (Lipinski definition) is 3. The number of nitrogens with one attached hydrogen (secondary N) is 1. The molecule has 1 aliphatic heterocycles. The summed E-state index contributed by atoms with van der Waals surface area (Å²) in [6, 6.07) is -0.335. The highest BCUT2D eigenvalue weighted by molar-refractivity contribution is 4.96. The average Bonchev–Trinajstić information content (AvgIpc) is 2.41. The third-order valence-corrected chi connectivity index (χ3v) is 1.37. The van der Waals surface area contributed by atoms with Gasteiger partial charge in [-0.2, -0.15) is 0 Å². The van der Waals surface area contributed by atoms with Crippen molar-refractivity contribution in [3.05, 3.63) is 10.4 Å². The van der Waals surface area contributed by atoms with Crippen LogP contribution in [0.25, 0.3) is 10.4 Å². The molecule has 6 nitrogen and oxygen atoms in total. The van der Waals surface area contributed by atoms with Gasteiger partial charge in [0.15, 0.2) is 0 Å². The van der Waals surface area contributed by atoms with Crippen LogP contribution in [0.3, 0.4) is 0 Å². The van der Waals surface area contributed by atoms with Crippen molar-refractivity contribution in [3.8, 4) is 0 Å². The van der Waals surface area contributed by atoms with Gasteiger partial charge in [-0.1, -0.05) is 5.11 Å². The van der Waals surface area contributed by atoms with Crippen molar-refractivity contribution in [1.29, 1.82) is 0 Å². The van der Waals surface area contributed by atoms with E-state index in [2.05, 4.69) is 15.3 Å². The maximum absolute atomic E-state index is 8.70. The quantitative estimate of drug-likeness (QED) is 0.160. The van der Waals surface area contributed by atoms with Gasteiger partial charge in [0.2, 0.25) is 5.91 Å². The van der Waals surface area contributed by atoms with Crippen molar-refractivity contribution in [3.63, 3.8) is 0 Å². The monoisotopic (exact) mass is 144 g/mol. The molecule has 1 heterocycles. The van der Waals surface area contributed by atoms with E-state index in [0.717, 1.165) is 0 Å². The molecule has 0 aromatic heterocycles. The lowest BCUT2D eigenvalue weighted by molar-refractivity contribution is -0.0809. The summed E-state index contributed by atoms with van der Waals surface area (Å²) < 4.78 is 0. The Balaban J connectivity index is 2.13. The summed E-state index contributed by atoms with van der Waals surface area (Å²) >= 11 is 0. The molecule has 0 spiro atoms. The minimum Gasteiger partial charge on any atom is -0.352 e. The van der Waals surface area contributed by atoms with Gasteiger partial charge in [-0.15, -0.1) is 0 Å². The Morgan fingerprint density at radius 3 is 2.70 bits per heavy atom. The summed E-state index contributed by atoms with van der Waals surface area (Å²) in [6.07, 6.45) is 0.455. The summed E-state index contributed by atoms with van der Waals surface area (Å²) in [5, 5.41) is 23.0. The smallest absolute Gasteiger partial charge is 0.239 e. The van der Waals surface area contributed by atoms with Crippen LogP contribution in [0.1, 0.15) is 6.42 Å². The molecule has 0 amide bonds. The predicted octanol–water partition coefficient (Wildman–Crippen LogP) is -0.703. The minimum atomic E-state index is -1.72. The number of aliphatic hydroxyl groups is 2. The first-order valence-electron chi connectivity index (χ1n) is 2.90. The molecule has 1 saturated heterocycles. The molecular formula is C4H8N4O2. The van der Waals surface area contributed by atoms with Gasteiger partial charge >= 0.3 is 0 Å². The van der Waals surface area contributed by atoms with E-state index in [9.17, 15) is 0 Å². The van der Waals surface area contributed by atoms with Gasteiger partial charge in [0, 0.05) is 11.5 Å². The van der Waals surface area contributed by atoms with Crippen LogP contribution in [-0.4, -0.2) is 28.7 Å². The van der Waals surface area contributed by atoms with E-state index in [0.29, 0.717) is 6.42 Å². The van der Waals surface area contributed by atoms with Gasteiger partial charge in [-0.25, -0.2) is 0 Å². The molecule has 1 rings (SSSR count). The van der Waals surface area contributed by atoms with Crippen LogP contribution in [-0.2, 0) is 0 Å². The molecule has 1 fully saturated rings. The highest BCUT2D eigenvalue weighted by Crippen LogP contribution is 2.21. The second-order valence-corrected chi connectivity index (χ2v) is 2.17. The van der Waals surface area contributed by atoms with Crippen molar-refractivity contribution in [2.75, 3.05) is 6.54 Å². The van der Waals surface area contributed by atoms with Crippen LogP contribution >= 0.6 is 0 Å². The fourth-order valence-corrected chi connectivity index (χ4v) is 0.720. The first kappa shape index (κ1) is 7.30. The second-order valence-electron chi connectivity index (χ2n) is 2.17. The zero-order valence-electron chi connectivity index (χ0n) is 5.23. The summed E-state index contributed by atoms with van der Waals surface area (Å²) in [5.41, 5.74) is 7.84. The third kappa shape index (κ3) is 1.58. The van der Waals surface area contributed by atoms with Crippen molar-refractivity contribution in [2.45, 2.75) is 18.4 Å². The van der Waals surface area contributed by atoms with Crippen molar-refractivity contribution in [2.24, 2.45) is 5.11 Å². The molecule has 56 valence electrons. The van der Waals surface area contributed by atoms with Gasteiger partial charge in [-0.3, -0.25) is 5.32 Å². The first-order chi connectivity index (χ1) is 4.67. The van der Waals surface area contributed by atoms with Crippen LogP contribution in [0.15, 0.2) is 5.11 Å². The molecule has 0 saturated carbocycles. The molecule has 0 aliphatic carbocycles. The van der Waals surface area contributed by atoms with E-state index in [-0.39, 0.29) is 12.6 Å². The molecule has 0 bridgehead atoms. The molecule has 0 aromatic rings. The summed E-state index contributed by atoms with van der Waals surface area (Å²) in [6.45, 7) is 0.289. The Kier molecular flexibility index (Phi) is 1.78. The maximum atomic E-state index is 8.70. The largest absolute Gasteiger partial charge is 0.352 e. The average molecular weight is 144 g/mol. The molecule has 0 aromatic carbocycles. The molecule has 1 atom stereocenters. The fraction of sp³-hybridized carbons (Fsp3) is 1.00. The van der Waals surface area contributed by atoms with Gasteiger partial charge in [0.1, 0.15) is 0 Å². The highest BCUT2D eigenvalue weighted by Gasteiger charge is 2.50. The molecule has 3 N–H and O–H groups in total.